The zero-order valence-corrected chi connectivity index (χ0v) is 16.6. The van der Waals surface area contributed by atoms with Crippen LogP contribution < -0.4 is 22.8 Å². The number of ether oxygens (including phenoxy) is 4. The third kappa shape index (κ3) is 3.64. The molecule has 2 aromatic heterocycles. The molecule has 4 aliphatic heterocycles. The van der Waals surface area contributed by atoms with Crippen molar-refractivity contribution in [1.82, 2.24) is 19.1 Å². The van der Waals surface area contributed by atoms with Crippen molar-refractivity contribution in [3.8, 4) is 0 Å². The maximum atomic E-state index is 13.2. The summed E-state index contributed by atoms with van der Waals surface area (Å²) in [4.78, 5) is 29.7. The van der Waals surface area contributed by atoms with Crippen molar-refractivity contribution in [2.24, 2.45) is 0 Å². The molecule has 2 aromatic rings. The molecule has 0 aliphatic carbocycles. The Kier molecular flexibility index (Phi) is 5.16. The summed E-state index contributed by atoms with van der Waals surface area (Å²) in [5.74, 6) is -2.22. The molecular weight excluding hydrogens is 434 g/mol. The van der Waals surface area contributed by atoms with Crippen LogP contribution in [0, 0.1) is 11.6 Å². The van der Waals surface area contributed by atoms with Crippen LogP contribution >= 0.6 is 0 Å². The van der Waals surface area contributed by atoms with Crippen molar-refractivity contribution in [3.63, 3.8) is 0 Å². The molecule has 6 heterocycles. The topological polar surface area (TPSA) is 159 Å². The predicted octanol–water partition coefficient (Wildman–Crippen LogP) is -0.698. The first kappa shape index (κ1) is 20.9. The van der Waals surface area contributed by atoms with Crippen molar-refractivity contribution < 1.29 is 27.7 Å². The number of anilines is 2. The van der Waals surface area contributed by atoms with Crippen LogP contribution in [0.25, 0.3) is 0 Å². The van der Waals surface area contributed by atoms with E-state index < -0.39 is 47.1 Å². The fraction of sp³-hybridized carbons (Fsp3) is 0.556. The molecule has 0 amide bonds. The molecule has 4 fully saturated rings. The largest absolute Gasteiger partial charge is 0.381 e. The second-order valence-electron chi connectivity index (χ2n) is 7.80. The summed E-state index contributed by atoms with van der Waals surface area (Å²) in [5, 5.41) is 0. The lowest BCUT2D eigenvalue weighted by molar-refractivity contribution is -0.149. The minimum absolute atomic E-state index is 0.0116. The number of nitrogen functional groups attached to an aromatic ring is 2. The Labute approximate surface area is 178 Å². The van der Waals surface area contributed by atoms with Gasteiger partial charge in [-0.3, -0.25) is 9.13 Å². The molecule has 32 heavy (non-hydrogen) atoms. The van der Waals surface area contributed by atoms with E-state index in [9.17, 15) is 18.4 Å². The molecule has 0 saturated carbocycles. The lowest BCUT2D eigenvalue weighted by Crippen LogP contribution is -2.40. The van der Waals surface area contributed by atoms with Crippen LogP contribution in [0.15, 0.2) is 22.0 Å². The summed E-state index contributed by atoms with van der Waals surface area (Å²) < 4.78 is 50.1. The lowest BCUT2D eigenvalue weighted by Gasteiger charge is -2.28. The molecule has 0 spiro atoms. The lowest BCUT2D eigenvalue weighted by atomic mass is 10.1. The zero-order chi connectivity index (χ0) is 22.6. The molecule has 14 heteroatoms. The van der Waals surface area contributed by atoms with Gasteiger partial charge in [0.2, 0.25) is 0 Å². The van der Waals surface area contributed by atoms with E-state index in [1.165, 1.54) is 0 Å². The van der Waals surface area contributed by atoms with Gasteiger partial charge in [0.25, 0.3) is 0 Å². The van der Waals surface area contributed by atoms with Crippen molar-refractivity contribution in [2.75, 3.05) is 24.7 Å². The predicted molar refractivity (Wildman–Crippen MR) is 102 cm³/mol. The minimum atomic E-state index is -0.719. The van der Waals surface area contributed by atoms with E-state index in [4.69, 9.17) is 30.4 Å². The van der Waals surface area contributed by atoms with Gasteiger partial charge < -0.3 is 30.4 Å². The number of hydrogen-bond acceptors (Lipinski definition) is 10. The van der Waals surface area contributed by atoms with Gasteiger partial charge in [0.05, 0.1) is 37.8 Å². The van der Waals surface area contributed by atoms with Gasteiger partial charge in [-0.05, 0) is 0 Å². The Morgan fingerprint density at radius 1 is 0.781 bits per heavy atom. The number of rotatable bonds is 2. The van der Waals surface area contributed by atoms with E-state index in [2.05, 4.69) is 9.97 Å². The molecule has 4 N–H and O–H groups in total. The molecule has 6 atom stereocenters. The average Bonchev–Trinajstić information content (AvgIpc) is 3.17. The molecule has 0 bridgehead atoms. The minimum Gasteiger partial charge on any atom is -0.381 e. The van der Waals surface area contributed by atoms with Gasteiger partial charge in [-0.15, -0.1) is 0 Å². The van der Waals surface area contributed by atoms with Crippen LogP contribution in [-0.2, 0) is 18.9 Å². The quantitative estimate of drug-likeness (QED) is 0.594. The highest BCUT2D eigenvalue weighted by Gasteiger charge is 2.45. The molecule has 12 nitrogen and oxygen atoms in total. The molecule has 0 aromatic carbocycles. The molecule has 0 unspecified atom stereocenters. The second-order valence-corrected chi connectivity index (χ2v) is 7.80. The monoisotopic (exact) mass is 454 g/mol. The van der Waals surface area contributed by atoms with Crippen molar-refractivity contribution in [3.05, 3.63) is 45.0 Å². The molecule has 0 radical (unpaired) electrons. The standard InChI is InChI=1S/2C9H10FN3O3/c2*10-4-2-13(9(14)12-8(4)11)7-1-5-6(16-7)3-15-5/h2*2,5-7H,1,3H2,(H2,11,12,14)/t2*5-,6+,7+/m00/s1. The fourth-order valence-corrected chi connectivity index (χ4v) is 3.91. The van der Waals surface area contributed by atoms with Gasteiger partial charge in [-0.2, -0.15) is 9.97 Å². The Morgan fingerprint density at radius 2 is 1.19 bits per heavy atom. The number of nitrogens with zero attached hydrogens (tertiary/aromatic N) is 4. The average molecular weight is 454 g/mol. The van der Waals surface area contributed by atoms with Gasteiger partial charge >= 0.3 is 11.4 Å². The van der Waals surface area contributed by atoms with E-state index in [-0.39, 0.29) is 24.4 Å². The van der Waals surface area contributed by atoms with Gasteiger partial charge in [-0.25, -0.2) is 18.4 Å². The number of aromatic nitrogens is 4. The first-order valence-corrected chi connectivity index (χ1v) is 9.92. The normalized spacial score (nSPS) is 32.2. The SMILES string of the molecule is Nc1nc(=O)n([C@H]2C[C@@H]3OC[C@H]3O2)cc1F.Nc1nc(=O)n([C@H]2C[C@@H]3OC[C@H]3O2)cc1F. The Balaban J connectivity index is 0.000000135. The number of halogens is 2. The van der Waals surface area contributed by atoms with Crippen molar-refractivity contribution in [1.29, 1.82) is 0 Å². The summed E-state index contributed by atoms with van der Waals surface area (Å²) in [6.07, 6.45) is 2.16. The van der Waals surface area contributed by atoms with E-state index in [1.807, 2.05) is 0 Å². The van der Waals surface area contributed by atoms with Crippen molar-refractivity contribution >= 4 is 11.6 Å². The van der Waals surface area contributed by atoms with Crippen LogP contribution in [0.1, 0.15) is 25.3 Å². The Hall–Kier alpha value is -2.94. The summed E-state index contributed by atoms with van der Waals surface area (Å²) in [6.45, 7) is 1.06. The number of nitrogens with two attached hydrogens (primary N) is 2. The third-order valence-electron chi connectivity index (χ3n) is 5.80. The second kappa shape index (κ2) is 7.88. The van der Waals surface area contributed by atoms with Gasteiger partial charge in [-0.1, -0.05) is 0 Å². The highest BCUT2D eigenvalue weighted by Crippen LogP contribution is 2.36. The van der Waals surface area contributed by atoms with E-state index in [0.717, 1.165) is 21.5 Å². The first-order valence-electron chi connectivity index (χ1n) is 9.92. The molecule has 6 rings (SSSR count). The van der Waals surface area contributed by atoms with Crippen LogP contribution in [0.5, 0.6) is 0 Å². The number of fused-ring (bicyclic) bond motifs is 2. The Morgan fingerprint density at radius 3 is 1.47 bits per heavy atom. The summed E-state index contributed by atoms with van der Waals surface area (Å²) >= 11 is 0. The zero-order valence-electron chi connectivity index (χ0n) is 16.6. The molecule has 4 aliphatic rings. The van der Waals surface area contributed by atoms with Crippen LogP contribution in [0.3, 0.4) is 0 Å². The summed E-state index contributed by atoms with van der Waals surface area (Å²) in [5.41, 5.74) is 9.17. The molecule has 4 saturated heterocycles. The van der Waals surface area contributed by atoms with E-state index in [0.29, 0.717) is 26.1 Å². The van der Waals surface area contributed by atoms with Crippen LogP contribution in [0.2, 0.25) is 0 Å². The first-order chi connectivity index (χ1) is 15.3. The highest BCUT2D eigenvalue weighted by atomic mass is 19.1. The van der Waals surface area contributed by atoms with Gasteiger partial charge in [0.1, 0.15) is 24.7 Å². The van der Waals surface area contributed by atoms with Crippen LogP contribution in [-0.4, -0.2) is 56.7 Å². The maximum Gasteiger partial charge on any atom is 0.351 e. The molecule has 172 valence electrons. The van der Waals surface area contributed by atoms with Crippen LogP contribution in [0.4, 0.5) is 20.4 Å². The number of hydrogen-bond donors (Lipinski definition) is 2. The van der Waals surface area contributed by atoms with Crippen molar-refractivity contribution in [2.45, 2.75) is 49.7 Å². The van der Waals surface area contributed by atoms with E-state index in [1.54, 1.807) is 0 Å². The maximum absolute atomic E-state index is 13.2. The van der Waals surface area contributed by atoms with Gasteiger partial charge in [0, 0.05) is 12.8 Å². The third-order valence-corrected chi connectivity index (χ3v) is 5.80. The summed E-state index contributed by atoms with van der Waals surface area (Å²) in [6, 6.07) is 0. The van der Waals surface area contributed by atoms with E-state index >= 15 is 0 Å². The summed E-state index contributed by atoms with van der Waals surface area (Å²) in [7, 11) is 0. The Bertz CT molecular complexity index is 1040. The molecular formula is C18H20F2N6O6. The highest BCUT2D eigenvalue weighted by molar-refractivity contribution is 5.27. The smallest absolute Gasteiger partial charge is 0.351 e. The fourth-order valence-electron chi connectivity index (χ4n) is 3.91. The van der Waals surface area contributed by atoms with Gasteiger partial charge in [0.15, 0.2) is 23.3 Å².